The van der Waals surface area contributed by atoms with Gasteiger partial charge < -0.3 is 14.5 Å². The Morgan fingerprint density at radius 3 is 2.50 bits per heavy atom. The fraction of sp³-hybridized carbons (Fsp3) is 0.214. The molecule has 0 spiro atoms. The molecule has 4 rings (SSSR count). The number of benzene rings is 2. The number of aromatic nitrogens is 2. The average molecular weight is 495 g/mol. The number of hydrogen-bond acceptors (Lipinski definition) is 4. The molecule has 1 aliphatic carbocycles. The fourth-order valence-electron chi connectivity index (χ4n) is 3.53. The van der Waals surface area contributed by atoms with E-state index in [1.165, 1.54) is 24.5 Å². The molecule has 1 N–H and O–H groups in total. The maximum Gasteiger partial charge on any atom is 0.416 e. The summed E-state index contributed by atoms with van der Waals surface area (Å²) in [5.74, 6) is 1.69. The third-order valence-electron chi connectivity index (χ3n) is 5.63. The second kappa shape index (κ2) is 11.1. The predicted octanol–water partition coefficient (Wildman–Crippen LogP) is 6.55. The number of hydrogen-bond donors (Lipinski definition) is 1. The number of ether oxygens (including phenoxy) is 2. The zero-order valence-electron chi connectivity index (χ0n) is 19.6. The molecule has 0 atom stereocenters. The molecule has 186 valence electrons. The zero-order chi connectivity index (χ0) is 25.5. The molecule has 1 saturated carbocycles. The molecule has 1 aromatic heterocycles. The molecule has 2 aromatic carbocycles. The fourth-order valence-corrected chi connectivity index (χ4v) is 3.53. The number of nitrogens with one attached hydrogen (secondary N) is 1. The lowest BCUT2D eigenvalue weighted by atomic mass is 10.0. The quantitative estimate of drug-likeness (QED) is 0.405. The Bertz CT molecular complexity index is 1340. The third kappa shape index (κ3) is 6.33. The number of halogens is 3. The Labute approximate surface area is 206 Å². The van der Waals surface area contributed by atoms with Crippen molar-refractivity contribution in [1.82, 2.24) is 9.97 Å². The van der Waals surface area contributed by atoms with E-state index in [9.17, 15) is 18.0 Å². The number of alkyl halides is 3. The molecule has 8 heteroatoms. The standard InChI is InChI=1S/C28H25F3N2O3/c1-35-24-7-5-6-21(26(24)36-18-19-8-9-19)12-15-23-25(27(34)33-17-4-2-3-16-32-23)20-10-13-22(14-11-20)28(29,30)31/h2-7,10-17,19H,8-9,18H2,1H3,(H,33,34)/b15-12+. The Kier molecular flexibility index (Phi) is 7.73. The van der Waals surface area contributed by atoms with Crippen LogP contribution in [0, 0.1) is 5.92 Å². The van der Waals surface area contributed by atoms with Gasteiger partial charge in [0, 0.05) is 18.0 Å². The van der Waals surface area contributed by atoms with Crippen LogP contribution < -0.4 is 15.0 Å². The van der Waals surface area contributed by atoms with Gasteiger partial charge >= 0.3 is 6.18 Å². The summed E-state index contributed by atoms with van der Waals surface area (Å²) in [5, 5.41) is 0. The van der Waals surface area contributed by atoms with Crippen LogP contribution in [0.1, 0.15) is 29.7 Å². The van der Waals surface area contributed by atoms with E-state index in [1.807, 2.05) is 12.1 Å². The van der Waals surface area contributed by atoms with Gasteiger partial charge in [-0.25, -0.2) is 0 Å². The molecule has 0 radical (unpaired) electrons. The molecule has 5 nitrogen and oxygen atoms in total. The van der Waals surface area contributed by atoms with Gasteiger partial charge in [-0.3, -0.25) is 9.78 Å². The van der Waals surface area contributed by atoms with Gasteiger partial charge in [-0.2, -0.15) is 13.2 Å². The van der Waals surface area contributed by atoms with Crippen LogP contribution in [-0.2, 0) is 6.18 Å². The van der Waals surface area contributed by atoms with E-state index >= 15 is 0 Å². The van der Waals surface area contributed by atoms with Crippen LogP contribution in [0.15, 0.2) is 77.9 Å². The highest BCUT2D eigenvalue weighted by atomic mass is 19.4. The van der Waals surface area contributed by atoms with Gasteiger partial charge in [-0.1, -0.05) is 30.3 Å². The van der Waals surface area contributed by atoms with Gasteiger partial charge in [-0.05, 0) is 66.8 Å². The molecule has 3 aromatic rings. The summed E-state index contributed by atoms with van der Waals surface area (Å²) in [7, 11) is 1.56. The molecule has 36 heavy (non-hydrogen) atoms. The van der Waals surface area contributed by atoms with Crippen LogP contribution in [-0.4, -0.2) is 23.7 Å². The van der Waals surface area contributed by atoms with Crippen molar-refractivity contribution in [3.05, 3.63) is 100 Å². The Morgan fingerprint density at radius 1 is 1.03 bits per heavy atom. The van der Waals surface area contributed by atoms with Crippen LogP contribution in [0.2, 0.25) is 0 Å². The molecule has 0 unspecified atom stereocenters. The highest BCUT2D eigenvalue weighted by molar-refractivity contribution is 5.80. The molecule has 1 aliphatic rings. The van der Waals surface area contributed by atoms with Crippen molar-refractivity contribution >= 4 is 12.2 Å². The minimum atomic E-state index is -4.48. The number of nitrogens with zero attached hydrogens (tertiary/aromatic N) is 1. The van der Waals surface area contributed by atoms with Gasteiger partial charge in [0.05, 0.1) is 30.5 Å². The van der Waals surface area contributed by atoms with Crippen molar-refractivity contribution in [1.29, 1.82) is 0 Å². The van der Waals surface area contributed by atoms with Crippen LogP contribution in [0.25, 0.3) is 23.3 Å². The monoisotopic (exact) mass is 494 g/mol. The lowest BCUT2D eigenvalue weighted by Gasteiger charge is -2.13. The molecule has 0 amide bonds. The van der Waals surface area contributed by atoms with Crippen molar-refractivity contribution in [3.8, 4) is 22.6 Å². The number of methoxy groups -OCH3 is 1. The predicted molar refractivity (Wildman–Crippen MR) is 133 cm³/mol. The molecule has 1 heterocycles. The number of para-hydroxylation sites is 1. The summed E-state index contributed by atoms with van der Waals surface area (Å²) in [6, 6.07) is 14.9. The Morgan fingerprint density at radius 2 is 1.81 bits per heavy atom. The van der Waals surface area contributed by atoms with Gasteiger partial charge in [0.2, 0.25) is 0 Å². The first-order valence-corrected chi connectivity index (χ1v) is 11.4. The van der Waals surface area contributed by atoms with E-state index < -0.39 is 17.3 Å². The Hall–Kier alpha value is -4.07. The molecule has 1 fully saturated rings. The summed E-state index contributed by atoms with van der Waals surface area (Å²) < 4.78 is 50.8. The van der Waals surface area contributed by atoms with Crippen molar-refractivity contribution < 1.29 is 22.6 Å². The lowest BCUT2D eigenvalue weighted by Crippen LogP contribution is -2.09. The number of aromatic amines is 1. The summed E-state index contributed by atoms with van der Waals surface area (Å²) in [6.45, 7) is 0.582. The lowest BCUT2D eigenvalue weighted by molar-refractivity contribution is -0.137. The van der Waals surface area contributed by atoms with Gasteiger partial charge in [0.1, 0.15) is 0 Å². The molecule has 0 bridgehead atoms. The van der Waals surface area contributed by atoms with Crippen molar-refractivity contribution in [2.75, 3.05) is 13.7 Å². The van der Waals surface area contributed by atoms with Gasteiger partial charge in [0.25, 0.3) is 5.56 Å². The van der Waals surface area contributed by atoms with Crippen molar-refractivity contribution in [2.45, 2.75) is 19.0 Å². The highest BCUT2D eigenvalue weighted by Gasteiger charge is 2.30. The topological polar surface area (TPSA) is 64.2 Å². The van der Waals surface area contributed by atoms with E-state index in [-0.39, 0.29) is 11.3 Å². The summed E-state index contributed by atoms with van der Waals surface area (Å²) >= 11 is 0. The van der Waals surface area contributed by atoms with E-state index in [1.54, 1.807) is 43.5 Å². The molecule has 0 aliphatic heterocycles. The average Bonchev–Trinajstić information content (AvgIpc) is 3.69. The second-order valence-corrected chi connectivity index (χ2v) is 8.30. The minimum Gasteiger partial charge on any atom is -0.493 e. The highest BCUT2D eigenvalue weighted by Crippen LogP contribution is 2.36. The summed E-state index contributed by atoms with van der Waals surface area (Å²) in [4.78, 5) is 20.1. The number of rotatable bonds is 7. The maximum atomic E-state index is 13.1. The first-order valence-electron chi connectivity index (χ1n) is 11.4. The molecular weight excluding hydrogens is 469 g/mol. The smallest absolute Gasteiger partial charge is 0.416 e. The van der Waals surface area contributed by atoms with Crippen molar-refractivity contribution in [2.24, 2.45) is 5.92 Å². The van der Waals surface area contributed by atoms with Crippen LogP contribution in [0.4, 0.5) is 13.2 Å². The Balaban J connectivity index is 1.83. The largest absolute Gasteiger partial charge is 0.493 e. The maximum absolute atomic E-state index is 13.1. The second-order valence-electron chi connectivity index (χ2n) is 8.30. The zero-order valence-corrected chi connectivity index (χ0v) is 19.6. The first-order chi connectivity index (χ1) is 17.4. The first kappa shape index (κ1) is 25.0. The van der Waals surface area contributed by atoms with E-state index in [0.29, 0.717) is 29.6 Å². The molecule has 0 saturated heterocycles. The van der Waals surface area contributed by atoms with E-state index in [2.05, 4.69) is 9.97 Å². The minimum absolute atomic E-state index is 0.125. The SMILES string of the molecule is COc1cccc(/C=C/c2nccccc[nH]c(=O)c2-c2ccc(C(F)(F)F)cc2)c1OCC1CC1. The summed E-state index contributed by atoms with van der Waals surface area (Å²) in [6.07, 6.45) is 4.15. The van der Waals surface area contributed by atoms with Crippen LogP contribution in [0.3, 0.4) is 0 Å². The van der Waals surface area contributed by atoms with Crippen molar-refractivity contribution in [3.63, 3.8) is 0 Å². The third-order valence-corrected chi connectivity index (χ3v) is 5.63. The van der Waals surface area contributed by atoms with Crippen LogP contribution >= 0.6 is 0 Å². The van der Waals surface area contributed by atoms with E-state index in [4.69, 9.17) is 9.47 Å². The normalized spacial score (nSPS) is 13.3. The van der Waals surface area contributed by atoms with E-state index in [0.717, 1.165) is 30.5 Å². The molecular formula is C28H25F3N2O3. The number of H-pyrrole nitrogens is 1. The van der Waals surface area contributed by atoms with Gasteiger partial charge in [-0.15, -0.1) is 0 Å². The van der Waals surface area contributed by atoms with Gasteiger partial charge in [0.15, 0.2) is 11.5 Å². The van der Waals surface area contributed by atoms with Crippen LogP contribution in [0.5, 0.6) is 11.5 Å². The summed E-state index contributed by atoms with van der Waals surface area (Å²) in [5.41, 5.74) is 0.101.